The largest absolute Gasteiger partial charge is 0.481 e. The van der Waals surface area contributed by atoms with Gasteiger partial charge in [-0.3, -0.25) is 38.3 Å². The van der Waals surface area contributed by atoms with Gasteiger partial charge in [-0.25, -0.2) is 9.59 Å². The zero-order valence-electron chi connectivity index (χ0n) is 24.2. The van der Waals surface area contributed by atoms with Crippen LogP contribution < -0.4 is 33.1 Å². The molecule has 2 aromatic heterocycles. The third kappa shape index (κ3) is 7.80. The molecule has 0 spiro atoms. The van der Waals surface area contributed by atoms with E-state index in [1.54, 1.807) is 56.3 Å². The quantitative estimate of drug-likeness (QED) is 0.188. The number of nitrogens with zero attached hydrogens (tertiary/aromatic N) is 2. The van der Waals surface area contributed by atoms with Crippen molar-refractivity contribution >= 4 is 46.6 Å². The molecule has 5 rings (SSSR count). The molecule has 0 bridgehead atoms. The van der Waals surface area contributed by atoms with Crippen LogP contribution in [0, 0.1) is 0 Å². The fourth-order valence-corrected chi connectivity index (χ4v) is 5.30. The molecule has 2 aromatic carbocycles. The summed E-state index contributed by atoms with van der Waals surface area (Å²) in [7, 11) is 0. The Kier molecular flexibility index (Phi) is 10.5. The normalized spacial score (nSPS) is 14.4. The molecule has 1 aliphatic rings. The Balaban J connectivity index is 0.000000205. The van der Waals surface area contributed by atoms with Crippen molar-refractivity contribution < 1.29 is 14.7 Å². The van der Waals surface area contributed by atoms with Crippen molar-refractivity contribution in [1.29, 1.82) is 0 Å². The molecule has 2 atom stereocenters. The Morgan fingerprint density at radius 2 is 1.58 bits per heavy atom. The molecule has 13 nitrogen and oxygen atoms in total. The van der Waals surface area contributed by atoms with Gasteiger partial charge in [0.25, 0.3) is 11.1 Å². The standard InChI is InChI=1S/C15H16ClN3O4.C15H14ClN3O3/c1-2-19-13(20)8-12(18-15(19)23)17-11(7-14(21)22)9-4-3-5-10(16)6-9;1-2-19-14(21)12-11(20)7-10(17-13(12)18-15(19)22)8-4-3-5-9(16)6-8/h3-6,8,11,17H,2,7H2,1H3,(H,18,23)(H,21,22);3-6,10,17H,2,7H2,1H3,(H,18,22)/t11-;10-/m11/s1. The van der Waals surface area contributed by atoms with E-state index >= 15 is 0 Å². The third-order valence-corrected chi connectivity index (χ3v) is 7.51. The average Bonchev–Trinajstić information content (AvgIpc) is 2.96. The lowest BCUT2D eigenvalue weighted by molar-refractivity contribution is -0.137. The van der Waals surface area contributed by atoms with E-state index in [9.17, 15) is 28.8 Å². The first-order valence-corrected chi connectivity index (χ1v) is 14.7. The summed E-state index contributed by atoms with van der Waals surface area (Å²) in [4.78, 5) is 76.3. The van der Waals surface area contributed by atoms with Crippen molar-refractivity contribution in [2.24, 2.45) is 0 Å². The molecule has 0 fully saturated rings. The second kappa shape index (κ2) is 14.3. The van der Waals surface area contributed by atoms with Gasteiger partial charge in [0.2, 0.25) is 0 Å². The molecule has 0 saturated heterocycles. The minimum atomic E-state index is -1.02. The van der Waals surface area contributed by atoms with Gasteiger partial charge >= 0.3 is 17.3 Å². The molecule has 5 N–H and O–H groups in total. The number of aromatic amines is 2. The maximum Gasteiger partial charge on any atom is 0.329 e. The number of benzene rings is 2. The summed E-state index contributed by atoms with van der Waals surface area (Å²) >= 11 is 11.9. The van der Waals surface area contributed by atoms with Gasteiger partial charge in [-0.2, -0.15) is 0 Å². The Hall–Kier alpha value is -4.88. The van der Waals surface area contributed by atoms with Gasteiger partial charge in [0.15, 0.2) is 5.78 Å². The third-order valence-electron chi connectivity index (χ3n) is 7.04. The summed E-state index contributed by atoms with van der Waals surface area (Å²) in [5, 5.41) is 16.0. The van der Waals surface area contributed by atoms with Crippen LogP contribution in [-0.4, -0.2) is 36.0 Å². The molecule has 0 aliphatic carbocycles. The number of hydrogen-bond acceptors (Lipinski definition) is 8. The number of rotatable bonds is 8. The van der Waals surface area contributed by atoms with E-state index in [4.69, 9.17) is 28.3 Å². The minimum Gasteiger partial charge on any atom is -0.481 e. The molecule has 45 heavy (non-hydrogen) atoms. The van der Waals surface area contributed by atoms with E-state index in [0.29, 0.717) is 15.6 Å². The van der Waals surface area contributed by atoms with Crippen LogP contribution in [0.3, 0.4) is 0 Å². The molecule has 236 valence electrons. The highest BCUT2D eigenvalue weighted by atomic mass is 35.5. The van der Waals surface area contributed by atoms with Gasteiger partial charge in [0, 0.05) is 35.6 Å². The zero-order chi connectivity index (χ0) is 32.8. The number of H-pyrrole nitrogens is 2. The van der Waals surface area contributed by atoms with Crippen LogP contribution in [0.1, 0.15) is 60.3 Å². The van der Waals surface area contributed by atoms with Crippen molar-refractivity contribution in [1.82, 2.24) is 19.1 Å². The lowest BCUT2D eigenvalue weighted by Crippen LogP contribution is -2.41. The Morgan fingerprint density at radius 1 is 0.933 bits per heavy atom. The predicted molar refractivity (Wildman–Crippen MR) is 171 cm³/mol. The number of carbonyl (C=O) groups is 2. The number of aliphatic carboxylic acids is 1. The van der Waals surface area contributed by atoms with Crippen LogP contribution >= 0.6 is 23.2 Å². The molecular formula is C30H30Cl2N6O7. The number of aromatic nitrogens is 4. The molecule has 0 radical (unpaired) electrons. The molecule has 4 aromatic rings. The van der Waals surface area contributed by atoms with Crippen molar-refractivity contribution in [2.45, 2.75) is 51.9 Å². The van der Waals surface area contributed by atoms with E-state index in [1.807, 2.05) is 6.07 Å². The summed E-state index contributed by atoms with van der Waals surface area (Å²) in [5.41, 5.74) is -0.615. The SMILES string of the molecule is CCn1c(=O)[nH]c2c(c1=O)C(=O)C[C@H](c1cccc(Cl)c1)N2.CCn1c(=O)cc(N[C@H](CC(=O)O)c2cccc(Cl)c2)[nH]c1=O. The fraction of sp³-hybridized carbons (Fsp3) is 0.267. The van der Waals surface area contributed by atoms with Crippen LogP contribution in [0.4, 0.5) is 11.6 Å². The number of Topliss-reactive ketones (excluding diaryl/α,β-unsaturated/α-hetero) is 1. The first-order valence-electron chi connectivity index (χ1n) is 13.9. The summed E-state index contributed by atoms with van der Waals surface area (Å²) in [5.74, 6) is -0.967. The van der Waals surface area contributed by atoms with Crippen LogP contribution in [0.25, 0.3) is 0 Å². The van der Waals surface area contributed by atoms with Gasteiger partial charge in [0.1, 0.15) is 17.2 Å². The van der Waals surface area contributed by atoms with Crippen LogP contribution in [-0.2, 0) is 17.9 Å². The Bertz CT molecular complexity index is 1950. The number of fused-ring (bicyclic) bond motifs is 1. The highest BCUT2D eigenvalue weighted by Gasteiger charge is 2.30. The average molecular weight is 658 g/mol. The molecule has 3 heterocycles. The van der Waals surface area contributed by atoms with E-state index in [2.05, 4.69) is 20.6 Å². The van der Waals surface area contributed by atoms with Crippen molar-refractivity contribution in [3.05, 3.63) is 123 Å². The molecule has 1 aliphatic heterocycles. The highest BCUT2D eigenvalue weighted by molar-refractivity contribution is 6.30. The minimum absolute atomic E-state index is 0.0136. The first kappa shape index (κ1) is 33.0. The number of carbonyl (C=O) groups excluding carboxylic acids is 1. The topological polar surface area (TPSA) is 188 Å². The summed E-state index contributed by atoms with van der Waals surface area (Å²) in [6.45, 7) is 3.83. The fourth-order valence-electron chi connectivity index (χ4n) is 4.90. The molecular weight excluding hydrogens is 627 g/mol. The molecule has 0 saturated carbocycles. The van der Waals surface area contributed by atoms with Gasteiger partial charge in [-0.1, -0.05) is 47.5 Å². The number of ketones is 1. The van der Waals surface area contributed by atoms with Crippen molar-refractivity contribution in [3.8, 4) is 0 Å². The maximum atomic E-state index is 12.3. The van der Waals surface area contributed by atoms with E-state index < -0.39 is 34.5 Å². The zero-order valence-corrected chi connectivity index (χ0v) is 25.7. The van der Waals surface area contributed by atoms with Gasteiger partial charge < -0.3 is 15.7 Å². The number of carboxylic acid groups (broad SMARTS) is 1. The lowest BCUT2D eigenvalue weighted by Gasteiger charge is -2.26. The predicted octanol–water partition coefficient (Wildman–Crippen LogP) is 3.79. The molecule has 15 heteroatoms. The van der Waals surface area contributed by atoms with Gasteiger partial charge in [-0.15, -0.1) is 0 Å². The molecule has 0 unspecified atom stereocenters. The number of anilines is 2. The summed E-state index contributed by atoms with van der Waals surface area (Å²) in [6, 6.07) is 14.1. The Labute approximate surface area is 265 Å². The molecule has 0 amide bonds. The first-order chi connectivity index (χ1) is 21.4. The maximum absolute atomic E-state index is 12.3. The number of carboxylic acids is 1. The summed E-state index contributed by atoms with van der Waals surface area (Å²) in [6.07, 6.45) is -0.0996. The number of hydrogen-bond donors (Lipinski definition) is 5. The number of halogens is 2. The highest BCUT2D eigenvalue weighted by Crippen LogP contribution is 2.30. The van der Waals surface area contributed by atoms with Crippen molar-refractivity contribution in [2.75, 3.05) is 10.6 Å². The lowest BCUT2D eigenvalue weighted by atomic mass is 9.95. The van der Waals surface area contributed by atoms with Gasteiger partial charge in [-0.05, 0) is 49.2 Å². The smallest absolute Gasteiger partial charge is 0.329 e. The van der Waals surface area contributed by atoms with E-state index in [0.717, 1.165) is 14.7 Å². The second-order valence-corrected chi connectivity index (χ2v) is 10.9. The van der Waals surface area contributed by atoms with Crippen molar-refractivity contribution in [3.63, 3.8) is 0 Å². The van der Waals surface area contributed by atoms with Crippen LogP contribution in [0.5, 0.6) is 0 Å². The van der Waals surface area contributed by atoms with E-state index in [1.165, 1.54) is 6.07 Å². The van der Waals surface area contributed by atoms with Crippen LogP contribution in [0.2, 0.25) is 10.0 Å². The number of nitrogens with one attached hydrogen (secondary N) is 4. The monoisotopic (exact) mass is 656 g/mol. The Morgan fingerprint density at radius 3 is 2.18 bits per heavy atom. The van der Waals surface area contributed by atoms with Gasteiger partial charge in [0.05, 0.1) is 18.5 Å². The van der Waals surface area contributed by atoms with Crippen LogP contribution in [0.15, 0.2) is 73.8 Å². The summed E-state index contributed by atoms with van der Waals surface area (Å²) < 4.78 is 2.05. The van der Waals surface area contributed by atoms with E-state index in [-0.39, 0.29) is 55.0 Å². The second-order valence-electron chi connectivity index (χ2n) is 10.0.